The summed E-state index contributed by atoms with van der Waals surface area (Å²) in [5, 5.41) is 13.0. The maximum Gasteiger partial charge on any atom is 0.340 e. The van der Waals surface area contributed by atoms with Gasteiger partial charge in [0, 0.05) is 11.4 Å². The van der Waals surface area contributed by atoms with Crippen molar-refractivity contribution >= 4 is 11.6 Å². The average molecular weight is 301 g/mol. The fourth-order valence-corrected chi connectivity index (χ4v) is 2.33. The second-order valence-electron chi connectivity index (χ2n) is 5.04. The molecule has 3 aromatic rings. The molecular formula is C13H15N7O2. The third-order valence-corrected chi connectivity index (χ3v) is 3.26. The maximum atomic E-state index is 12.4. The number of aromatic amines is 2. The van der Waals surface area contributed by atoms with Crippen LogP contribution in [0.2, 0.25) is 0 Å². The van der Waals surface area contributed by atoms with E-state index in [1.807, 2.05) is 19.9 Å². The number of aryl methyl sites for hydroxylation is 3. The Kier molecular flexibility index (Phi) is 3.24. The summed E-state index contributed by atoms with van der Waals surface area (Å²) in [6.07, 6.45) is 0. The van der Waals surface area contributed by atoms with Crippen molar-refractivity contribution in [3.05, 3.63) is 45.0 Å². The fraction of sp³-hybridized carbons (Fsp3) is 0.308. The van der Waals surface area contributed by atoms with Crippen molar-refractivity contribution in [3.8, 4) is 0 Å². The first-order valence-electron chi connectivity index (χ1n) is 6.71. The zero-order valence-electron chi connectivity index (χ0n) is 12.4. The molecule has 22 heavy (non-hydrogen) atoms. The number of amides is 1. The summed E-state index contributed by atoms with van der Waals surface area (Å²) < 4.78 is 1.65. The Hall–Kier alpha value is -2.97. The predicted octanol–water partition coefficient (Wildman–Crippen LogP) is -0.00404. The van der Waals surface area contributed by atoms with Gasteiger partial charge in [-0.3, -0.25) is 9.78 Å². The van der Waals surface area contributed by atoms with Crippen LogP contribution in [0.15, 0.2) is 10.9 Å². The minimum atomic E-state index is -0.413. The molecule has 0 atom stereocenters. The van der Waals surface area contributed by atoms with Crippen LogP contribution in [0.4, 0.5) is 0 Å². The van der Waals surface area contributed by atoms with Gasteiger partial charge in [0.05, 0.1) is 12.2 Å². The quantitative estimate of drug-likeness (QED) is 0.628. The van der Waals surface area contributed by atoms with E-state index in [0.717, 1.165) is 11.4 Å². The van der Waals surface area contributed by atoms with Gasteiger partial charge in [-0.1, -0.05) is 0 Å². The third kappa shape index (κ3) is 2.36. The van der Waals surface area contributed by atoms with Crippen molar-refractivity contribution in [2.45, 2.75) is 27.3 Å². The highest BCUT2D eigenvalue weighted by atomic mass is 16.2. The number of hydrogen-bond donors (Lipinski definition) is 3. The molecule has 0 fully saturated rings. The molecule has 1 amide bonds. The summed E-state index contributed by atoms with van der Waals surface area (Å²) in [5.41, 5.74) is 2.84. The molecule has 0 unspecified atom stereocenters. The SMILES string of the molecule is Cc1cc(C)n2nc(C)c(C(=O)NCc3n[nH]c(=O)[nH]3)c2n1. The number of H-pyrrole nitrogens is 2. The molecule has 3 rings (SSSR count). The second kappa shape index (κ2) is 5.10. The Morgan fingerprint density at radius 3 is 2.82 bits per heavy atom. The lowest BCUT2D eigenvalue weighted by Crippen LogP contribution is -2.24. The molecule has 0 aliphatic heterocycles. The van der Waals surface area contributed by atoms with Gasteiger partial charge in [0.25, 0.3) is 5.91 Å². The summed E-state index contributed by atoms with van der Waals surface area (Å²) in [4.78, 5) is 30.2. The molecule has 3 aromatic heterocycles. The zero-order valence-corrected chi connectivity index (χ0v) is 12.4. The standard InChI is InChI=1S/C13H15N7O2/c1-6-4-7(2)20-11(15-6)10(8(3)19-20)12(21)14-5-9-16-13(22)18-17-9/h4H,5H2,1-3H3,(H,14,21)(H2,16,17,18,22). The molecule has 0 spiro atoms. The number of carbonyl (C=O) groups is 1. The van der Waals surface area contributed by atoms with Crippen molar-refractivity contribution in [3.63, 3.8) is 0 Å². The number of nitrogens with zero attached hydrogens (tertiary/aromatic N) is 4. The van der Waals surface area contributed by atoms with Gasteiger partial charge in [-0.05, 0) is 26.8 Å². The smallest absolute Gasteiger partial charge is 0.340 e. The number of fused-ring (bicyclic) bond motifs is 1. The molecule has 9 heteroatoms. The summed E-state index contributed by atoms with van der Waals surface area (Å²) >= 11 is 0. The van der Waals surface area contributed by atoms with Gasteiger partial charge in [0.2, 0.25) is 0 Å². The molecule has 9 nitrogen and oxygen atoms in total. The Morgan fingerprint density at radius 1 is 1.36 bits per heavy atom. The molecule has 0 saturated carbocycles. The lowest BCUT2D eigenvalue weighted by molar-refractivity contribution is 0.0950. The van der Waals surface area contributed by atoms with E-state index in [1.54, 1.807) is 11.4 Å². The van der Waals surface area contributed by atoms with Crippen LogP contribution in [0.1, 0.15) is 33.3 Å². The molecule has 3 heterocycles. The van der Waals surface area contributed by atoms with Gasteiger partial charge in [-0.15, -0.1) is 0 Å². The van der Waals surface area contributed by atoms with Gasteiger partial charge in [0.1, 0.15) is 11.4 Å². The van der Waals surface area contributed by atoms with Gasteiger partial charge in [0.15, 0.2) is 5.65 Å². The van der Waals surface area contributed by atoms with E-state index < -0.39 is 5.69 Å². The van der Waals surface area contributed by atoms with E-state index in [9.17, 15) is 9.59 Å². The molecule has 0 bridgehead atoms. The van der Waals surface area contributed by atoms with Gasteiger partial charge in [-0.25, -0.2) is 19.4 Å². The molecule has 0 aliphatic rings. The Bertz CT molecular complexity index is 918. The van der Waals surface area contributed by atoms with Crippen molar-refractivity contribution in [1.29, 1.82) is 0 Å². The van der Waals surface area contributed by atoms with Gasteiger partial charge < -0.3 is 5.32 Å². The van der Waals surface area contributed by atoms with E-state index in [4.69, 9.17) is 0 Å². The summed E-state index contributed by atoms with van der Waals surface area (Å²) in [6, 6.07) is 1.90. The maximum absolute atomic E-state index is 12.4. The molecule has 0 aromatic carbocycles. The van der Waals surface area contributed by atoms with Gasteiger partial charge >= 0.3 is 5.69 Å². The highest BCUT2D eigenvalue weighted by Gasteiger charge is 2.19. The molecule has 3 N–H and O–H groups in total. The van der Waals surface area contributed by atoms with Crippen molar-refractivity contribution < 1.29 is 4.79 Å². The molecule has 114 valence electrons. The first-order valence-corrected chi connectivity index (χ1v) is 6.71. The molecule has 0 radical (unpaired) electrons. The average Bonchev–Trinajstić information content (AvgIpc) is 2.99. The minimum absolute atomic E-state index is 0.110. The molecular weight excluding hydrogens is 286 g/mol. The van der Waals surface area contributed by atoms with Crippen LogP contribution in [-0.2, 0) is 6.54 Å². The van der Waals surface area contributed by atoms with Crippen LogP contribution in [-0.4, -0.2) is 35.7 Å². The molecule has 0 aliphatic carbocycles. The number of aromatic nitrogens is 6. The van der Waals surface area contributed by atoms with Crippen LogP contribution in [0.3, 0.4) is 0 Å². The van der Waals surface area contributed by atoms with Crippen LogP contribution in [0.25, 0.3) is 5.65 Å². The fourth-order valence-electron chi connectivity index (χ4n) is 2.33. The van der Waals surface area contributed by atoms with E-state index in [2.05, 4.69) is 30.6 Å². The van der Waals surface area contributed by atoms with Crippen LogP contribution >= 0.6 is 0 Å². The van der Waals surface area contributed by atoms with Crippen LogP contribution < -0.4 is 11.0 Å². The minimum Gasteiger partial charge on any atom is -0.345 e. The lowest BCUT2D eigenvalue weighted by atomic mass is 10.2. The molecule has 0 saturated heterocycles. The highest BCUT2D eigenvalue weighted by molar-refractivity contribution is 6.01. The van der Waals surface area contributed by atoms with Crippen LogP contribution in [0, 0.1) is 20.8 Å². The predicted molar refractivity (Wildman–Crippen MR) is 77.6 cm³/mol. The van der Waals surface area contributed by atoms with E-state index in [-0.39, 0.29) is 12.5 Å². The van der Waals surface area contributed by atoms with E-state index in [0.29, 0.717) is 22.7 Å². The largest absolute Gasteiger partial charge is 0.345 e. The third-order valence-electron chi connectivity index (χ3n) is 3.26. The number of nitrogens with one attached hydrogen (secondary N) is 3. The van der Waals surface area contributed by atoms with Crippen LogP contribution in [0.5, 0.6) is 0 Å². The highest BCUT2D eigenvalue weighted by Crippen LogP contribution is 2.16. The number of carbonyl (C=O) groups excluding carboxylic acids is 1. The number of rotatable bonds is 3. The van der Waals surface area contributed by atoms with Crippen molar-refractivity contribution in [2.24, 2.45) is 0 Å². The lowest BCUT2D eigenvalue weighted by Gasteiger charge is -2.04. The van der Waals surface area contributed by atoms with E-state index in [1.165, 1.54) is 0 Å². The first-order chi connectivity index (χ1) is 10.5. The normalized spacial score (nSPS) is 11.0. The zero-order chi connectivity index (χ0) is 15.9. The first kappa shape index (κ1) is 14.0. The van der Waals surface area contributed by atoms with Crippen molar-refractivity contribution in [1.82, 2.24) is 35.1 Å². The number of hydrogen-bond acceptors (Lipinski definition) is 5. The second-order valence-corrected chi connectivity index (χ2v) is 5.04. The topological polar surface area (TPSA) is 121 Å². The summed E-state index contributed by atoms with van der Waals surface area (Å²) in [5.74, 6) is 0.0432. The summed E-state index contributed by atoms with van der Waals surface area (Å²) in [7, 11) is 0. The summed E-state index contributed by atoms with van der Waals surface area (Å²) in [6.45, 7) is 5.64. The Morgan fingerprint density at radius 2 is 2.14 bits per heavy atom. The van der Waals surface area contributed by atoms with E-state index >= 15 is 0 Å². The monoisotopic (exact) mass is 301 g/mol. The van der Waals surface area contributed by atoms with Gasteiger partial charge in [-0.2, -0.15) is 10.2 Å². The van der Waals surface area contributed by atoms with Crippen molar-refractivity contribution in [2.75, 3.05) is 0 Å². The Balaban J connectivity index is 1.93. The Labute approximate surface area is 124 Å².